The molecule has 2 rings (SSSR count). The van der Waals surface area contributed by atoms with Gasteiger partial charge in [0.1, 0.15) is 16.2 Å². The quantitative estimate of drug-likeness (QED) is 0.728. The third-order valence-electron chi connectivity index (χ3n) is 1.57. The third kappa shape index (κ3) is 1.51. The second kappa shape index (κ2) is 3.20. The zero-order valence-electron chi connectivity index (χ0n) is 6.26. The van der Waals surface area contributed by atoms with Crippen molar-refractivity contribution in [2.24, 2.45) is 0 Å². The molecule has 66 valence electrons. The second-order valence-electron chi connectivity index (χ2n) is 2.42. The lowest BCUT2D eigenvalue weighted by Gasteiger charge is -1.99. The summed E-state index contributed by atoms with van der Waals surface area (Å²) in [5, 5.41) is 0.249. The van der Waals surface area contributed by atoms with Crippen LogP contribution in [-0.4, -0.2) is 9.97 Å². The van der Waals surface area contributed by atoms with Crippen LogP contribution in [0.5, 0.6) is 0 Å². The van der Waals surface area contributed by atoms with Crippen LogP contribution in [0.15, 0.2) is 22.8 Å². The standard InChI is InChI=1S/C8H3BrClFN2/c9-4-1-2-5(11)8-7(4)13-6(10)3-12-8/h1-3H. The van der Waals surface area contributed by atoms with E-state index in [0.29, 0.717) is 9.99 Å². The van der Waals surface area contributed by atoms with E-state index in [2.05, 4.69) is 25.9 Å². The molecule has 0 fully saturated rings. The Bertz CT molecular complexity index is 475. The van der Waals surface area contributed by atoms with Crippen molar-refractivity contribution >= 4 is 38.6 Å². The van der Waals surface area contributed by atoms with E-state index in [-0.39, 0.29) is 10.7 Å². The van der Waals surface area contributed by atoms with Gasteiger partial charge in [-0.2, -0.15) is 0 Å². The van der Waals surface area contributed by atoms with Crippen LogP contribution >= 0.6 is 27.5 Å². The summed E-state index contributed by atoms with van der Waals surface area (Å²) in [6.07, 6.45) is 1.32. The molecule has 0 aliphatic rings. The summed E-state index contributed by atoms with van der Waals surface area (Å²) in [6.45, 7) is 0. The molecule has 13 heavy (non-hydrogen) atoms. The zero-order valence-corrected chi connectivity index (χ0v) is 8.60. The van der Waals surface area contributed by atoms with Gasteiger partial charge in [0.2, 0.25) is 0 Å². The summed E-state index contributed by atoms with van der Waals surface area (Å²) in [5.74, 6) is -0.401. The highest BCUT2D eigenvalue weighted by Gasteiger charge is 2.06. The predicted molar refractivity (Wildman–Crippen MR) is 52.2 cm³/mol. The van der Waals surface area contributed by atoms with E-state index in [0.717, 1.165) is 0 Å². The molecule has 0 unspecified atom stereocenters. The van der Waals surface area contributed by atoms with E-state index in [1.54, 1.807) is 6.07 Å². The van der Waals surface area contributed by atoms with Gasteiger partial charge in [-0.15, -0.1) is 0 Å². The first-order valence-corrected chi connectivity index (χ1v) is 4.62. The van der Waals surface area contributed by atoms with Gasteiger partial charge in [0.25, 0.3) is 0 Å². The van der Waals surface area contributed by atoms with Crippen LogP contribution in [-0.2, 0) is 0 Å². The summed E-state index contributed by atoms with van der Waals surface area (Å²) in [7, 11) is 0. The van der Waals surface area contributed by atoms with Gasteiger partial charge in [-0.25, -0.2) is 14.4 Å². The van der Waals surface area contributed by atoms with Crippen LogP contribution in [0.3, 0.4) is 0 Å². The highest BCUT2D eigenvalue weighted by molar-refractivity contribution is 9.10. The van der Waals surface area contributed by atoms with Crippen LogP contribution in [0.25, 0.3) is 11.0 Å². The van der Waals surface area contributed by atoms with E-state index < -0.39 is 5.82 Å². The Kier molecular flexibility index (Phi) is 2.17. The molecule has 1 aromatic carbocycles. The molecule has 0 amide bonds. The Hall–Kier alpha value is -0.740. The van der Waals surface area contributed by atoms with Crippen LogP contribution in [0.2, 0.25) is 5.15 Å². The molecular formula is C8H3BrClFN2. The van der Waals surface area contributed by atoms with Crippen molar-refractivity contribution < 1.29 is 4.39 Å². The monoisotopic (exact) mass is 260 g/mol. The van der Waals surface area contributed by atoms with Gasteiger partial charge in [-0.3, -0.25) is 0 Å². The lowest BCUT2D eigenvalue weighted by atomic mass is 10.3. The highest BCUT2D eigenvalue weighted by Crippen LogP contribution is 2.23. The Morgan fingerprint density at radius 2 is 2.08 bits per heavy atom. The van der Waals surface area contributed by atoms with Gasteiger partial charge >= 0.3 is 0 Å². The third-order valence-corrected chi connectivity index (χ3v) is 2.39. The molecule has 2 nitrogen and oxygen atoms in total. The maximum Gasteiger partial charge on any atom is 0.151 e. The Balaban J connectivity index is 2.92. The molecule has 0 spiro atoms. The largest absolute Gasteiger partial charge is 0.248 e. The Morgan fingerprint density at radius 3 is 2.85 bits per heavy atom. The fourth-order valence-corrected chi connectivity index (χ4v) is 1.55. The number of rotatable bonds is 0. The maximum absolute atomic E-state index is 13.1. The summed E-state index contributed by atoms with van der Waals surface area (Å²) in [5.41, 5.74) is 0.659. The van der Waals surface area contributed by atoms with E-state index in [4.69, 9.17) is 11.6 Å². The minimum atomic E-state index is -0.401. The first-order chi connectivity index (χ1) is 6.18. The molecular weight excluding hydrogens is 258 g/mol. The molecule has 0 radical (unpaired) electrons. The number of aromatic nitrogens is 2. The molecule has 0 saturated carbocycles. The van der Waals surface area contributed by atoms with Crippen LogP contribution < -0.4 is 0 Å². The van der Waals surface area contributed by atoms with Gasteiger partial charge < -0.3 is 0 Å². The fourth-order valence-electron chi connectivity index (χ4n) is 1.01. The number of hydrogen-bond donors (Lipinski definition) is 0. The van der Waals surface area contributed by atoms with Gasteiger partial charge in [-0.05, 0) is 28.1 Å². The first kappa shape index (κ1) is 8.84. The lowest BCUT2D eigenvalue weighted by Crippen LogP contribution is -1.88. The predicted octanol–water partition coefficient (Wildman–Crippen LogP) is 3.18. The number of hydrogen-bond acceptors (Lipinski definition) is 2. The summed E-state index contributed by atoms with van der Waals surface area (Å²) in [4.78, 5) is 7.79. The number of halogens is 3. The normalized spacial score (nSPS) is 10.7. The van der Waals surface area contributed by atoms with Crippen LogP contribution in [0.1, 0.15) is 0 Å². The van der Waals surface area contributed by atoms with Crippen LogP contribution in [0.4, 0.5) is 4.39 Å². The van der Waals surface area contributed by atoms with Gasteiger partial charge in [0, 0.05) is 4.47 Å². The average Bonchev–Trinajstić information content (AvgIpc) is 2.12. The molecule has 0 bridgehead atoms. The molecule has 0 N–H and O–H groups in total. The van der Waals surface area contributed by atoms with Crippen molar-refractivity contribution in [3.63, 3.8) is 0 Å². The van der Waals surface area contributed by atoms with Gasteiger partial charge in [-0.1, -0.05) is 11.6 Å². The van der Waals surface area contributed by atoms with E-state index in [1.165, 1.54) is 12.3 Å². The fraction of sp³-hybridized carbons (Fsp3) is 0. The maximum atomic E-state index is 13.1. The highest BCUT2D eigenvalue weighted by atomic mass is 79.9. The summed E-state index contributed by atoms with van der Waals surface area (Å²) >= 11 is 8.86. The number of fused-ring (bicyclic) bond motifs is 1. The number of nitrogens with zero attached hydrogens (tertiary/aromatic N) is 2. The molecule has 0 aliphatic carbocycles. The van der Waals surface area contributed by atoms with Crippen molar-refractivity contribution in [2.45, 2.75) is 0 Å². The second-order valence-corrected chi connectivity index (χ2v) is 3.66. The van der Waals surface area contributed by atoms with Gasteiger partial charge in [0.05, 0.1) is 6.20 Å². The van der Waals surface area contributed by atoms with E-state index in [9.17, 15) is 4.39 Å². The first-order valence-electron chi connectivity index (χ1n) is 3.45. The van der Waals surface area contributed by atoms with Crippen molar-refractivity contribution in [3.05, 3.63) is 33.8 Å². The smallest absolute Gasteiger partial charge is 0.151 e. The van der Waals surface area contributed by atoms with E-state index >= 15 is 0 Å². The van der Waals surface area contributed by atoms with Crippen molar-refractivity contribution in [3.8, 4) is 0 Å². The Labute approximate surface area is 86.9 Å². The average molecular weight is 261 g/mol. The van der Waals surface area contributed by atoms with E-state index in [1.807, 2.05) is 0 Å². The topological polar surface area (TPSA) is 25.8 Å². The van der Waals surface area contributed by atoms with Gasteiger partial charge in [0.15, 0.2) is 5.82 Å². The van der Waals surface area contributed by atoms with Crippen molar-refractivity contribution in [1.82, 2.24) is 9.97 Å². The lowest BCUT2D eigenvalue weighted by molar-refractivity contribution is 0.636. The molecule has 1 aromatic heterocycles. The van der Waals surface area contributed by atoms with Crippen molar-refractivity contribution in [2.75, 3.05) is 0 Å². The molecule has 0 saturated heterocycles. The molecule has 1 heterocycles. The Morgan fingerprint density at radius 1 is 1.31 bits per heavy atom. The van der Waals surface area contributed by atoms with Crippen molar-refractivity contribution in [1.29, 1.82) is 0 Å². The molecule has 0 aliphatic heterocycles. The molecule has 2 aromatic rings. The number of benzene rings is 1. The SMILES string of the molecule is Fc1ccc(Br)c2nc(Cl)cnc12. The minimum absolute atomic E-state index is 0.221. The van der Waals surface area contributed by atoms with Crippen LogP contribution in [0, 0.1) is 5.82 Å². The minimum Gasteiger partial charge on any atom is -0.248 e. The zero-order chi connectivity index (χ0) is 9.42. The summed E-state index contributed by atoms with van der Waals surface area (Å²) < 4.78 is 13.8. The molecule has 0 atom stereocenters. The summed E-state index contributed by atoms with van der Waals surface area (Å²) in [6, 6.07) is 2.90. The molecule has 5 heteroatoms.